The molecule has 24 nitrogen and oxygen atoms in total. The fourth-order valence-corrected chi connectivity index (χ4v) is 18.7. The van der Waals surface area contributed by atoms with Gasteiger partial charge in [-0.05, 0) is 216 Å². The average Bonchev–Trinajstić information content (AvgIpc) is 1.73. The molecule has 0 aliphatic carbocycles. The quantitative estimate of drug-likeness (QED) is 0.0109. The molecule has 2 aliphatic rings. The third-order valence-electron chi connectivity index (χ3n) is 22.2. The van der Waals surface area contributed by atoms with Gasteiger partial charge < -0.3 is 55.9 Å². The summed E-state index contributed by atoms with van der Waals surface area (Å²) in [5, 5.41) is 38.9. The predicted octanol–water partition coefficient (Wildman–Crippen LogP) is 23.1. The van der Waals surface area contributed by atoms with Crippen LogP contribution < -0.4 is 46.1 Å². The Balaban J connectivity index is 0.000000223. The molecule has 36 heteroatoms. The third kappa shape index (κ3) is 27.2. The second kappa shape index (κ2) is 52.0. The van der Waals surface area contributed by atoms with Crippen LogP contribution >= 0.6 is 133 Å². The number of carbonyl (C=O) groups excluding carboxylic acids is 5. The van der Waals surface area contributed by atoms with Crippen LogP contribution in [0, 0.1) is 5.53 Å². The van der Waals surface area contributed by atoms with Crippen molar-refractivity contribution >= 4 is 246 Å². The molecule has 12 aromatic carbocycles. The molecule has 3 atom stereocenters. The van der Waals surface area contributed by atoms with Gasteiger partial charge in [-0.15, -0.1) is 0 Å². The number of esters is 2. The first-order chi connectivity index (χ1) is 63.9. The van der Waals surface area contributed by atoms with Crippen molar-refractivity contribution in [1.82, 2.24) is 30.9 Å². The topological polar surface area (TPSA) is 361 Å². The van der Waals surface area contributed by atoms with Gasteiger partial charge in [-0.25, -0.2) is 19.4 Å². The van der Waals surface area contributed by atoms with Gasteiger partial charge in [0.2, 0.25) is 0 Å². The van der Waals surface area contributed by atoms with Gasteiger partial charge in [-0.1, -0.05) is 290 Å². The van der Waals surface area contributed by atoms with Crippen LogP contribution in [0.1, 0.15) is 103 Å². The van der Waals surface area contributed by atoms with E-state index in [2.05, 4.69) is 118 Å². The van der Waals surface area contributed by atoms with Gasteiger partial charge in [0.25, 0.3) is 17.7 Å². The van der Waals surface area contributed by atoms with E-state index in [-0.39, 0.29) is 105 Å². The second-order valence-corrected chi connectivity index (χ2v) is 36.6. The number of hydrogen-bond acceptors (Lipinski definition) is 17. The molecule has 3 amide bonds. The largest absolute Gasteiger partial charge is 1.00 e. The zero-order valence-corrected chi connectivity index (χ0v) is 84.3. The molecule has 704 valence electrons. The van der Waals surface area contributed by atoms with Crippen LogP contribution in [-0.4, -0.2) is 125 Å². The standard InChI is InChI=1S/C30H21BrCl2N2O3.C29H19BrCl2N2O3.C27H28BCl2NO5.C9H5Br2N.C4H8O.2CH4.Li.H3N5.H2O/c1-38-30(37)25(35-29(36)26-23(32)11-6-12-24(26)33)15-17-13-14-22(21-10-5-4-8-19(17)21)28-27(31)20-9-3-2-7-18(20)16-34-28;30-26-19-8-2-1-6-17(19)15-33-27(26)21-13-12-16(18-7-3-4-9-20(18)21)14-24(29(36)37)34-28(35)25-22(31)10-5-11-23(25)32;1-26(2)27(3,4)36-28(35-26)19-14-13-16(17-9-6-7-10-18(17)19)15-22(25(33)34-5)31-24(32)23-20(29)11-8-12-21(23)30;10-8-7-4-2-1-3-6(7)5-12-9(8)11;1-2-4-5-3-1;;;;1-3-5-4-2;/h2-14,16,25H,15H2,1H3,(H,35,36);1-13,15,24H,14H2,(H,34,35)(H,36,37);6-14,22H,15H2,1-5H3,(H,31,32);1-5H;1-4H2;2*1H4;;(H3,1,2,5);1H2/q;;;;;;;+1;;/p-1/t25-;24-;22-;;;;;;;/m000......./s1. The van der Waals surface area contributed by atoms with Crippen LogP contribution in [0.2, 0.25) is 30.1 Å². The van der Waals surface area contributed by atoms with Gasteiger partial charge >= 0.3 is 43.9 Å². The van der Waals surface area contributed by atoms with Crippen molar-refractivity contribution in [2.45, 2.75) is 104 Å². The molecule has 8 N–H and O–H groups in total. The normalized spacial score (nSPS) is 13.2. The number of aliphatic carboxylic acids is 1. The number of methoxy groups -OCH3 is 2. The number of carboxylic acids is 1. The van der Waals surface area contributed by atoms with Crippen LogP contribution in [-0.2, 0) is 57.2 Å². The predicted molar refractivity (Wildman–Crippen MR) is 557 cm³/mol. The number of nitrogens with one attached hydrogen (secondary N) is 4. The number of aromatic nitrogens is 3. The molecule has 17 rings (SSSR count). The van der Waals surface area contributed by atoms with Crippen LogP contribution in [0.4, 0.5) is 0 Å². The number of ether oxygens (including phenoxy) is 3. The maximum absolute atomic E-state index is 13.1. The summed E-state index contributed by atoms with van der Waals surface area (Å²) in [7, 11) is 2.03. The average molecular weight is 2220 g/mol. The smallest absolute Gasteiger partial charge is 0.870 e. The van der Waals surface area contributed by atoms with Gasteiger partial charge in [-0.3, -0.25) is 24.4 Å². The fraction of sp³-hybridized carbons (Fsp3) is 0.198. The van der Waals surface area contributed by atoms with E-state index in [1.807, 2.05) is 216 Å². The number of carboxylic acid groups (broad SMARTS) is 1. The first kappa shape index (κ1) is 112. The van der Waals surface area contributed by atoms with Gasteiger partial charge in [0.1, 0.15) is 22.7 Å². The van der Waals surface area contributed by atoms with E-state index in [9.17, 15) is 33.9 Å². The minimum absolute atomic E-state index is 0. The van der Waals surface area contributed by atoms with Crippen molar-refractivity contribution < 1.29 is 81.7 Å². The molecule has 5 heterocycles. The Hall–Kier alpha value is -10.4. The Bertz CT molecular complexity index is 6860. The van der Waals surface area contributed by atoms with E-state index >= 15 is 0 Å². The van der Waals surface area contributed by atoms with E-state index in [4.69, 9.17) is 109 Å². The molecular formula is C101H93BBr4Cl6LiN11O13. The molecule has 2 saturated heterocycles. The number of fused-ring (bicyclic) bond motifs is 6. The minimum atomic E-state index is -1.19. The number of carbonyl (C=O) groups is 6. The number of pyridine rings is 3. The van der Waals surface area contributed by atoms with E-state index < -0.39 is 72.1 Å². The molecule has 2 fully saturated rings. The zero-order valence-electron chi connectivity index (χ0n) is 73.4. The second-order valence-electron chi connectivity index (χ2n) is 31.0. The Kier molecular flexibility index (Phi) is 42.5. The Labute approximate surface area is 868 Å². The summed E-state index contributed by atoms with van der Waals surface area (Å²) in [6.07, 6.45) is 8.58. The molecule has 0 radical (unpaired) electrons. The van der Waals surface area contributed by atoms with Crippen molar-refractivity contribution in [2.24, 2.45) is 21.5 Å². The SMILES string of the molecule is Brc1ncc2ccccc2c1Br.C.C.C1CCOC1.COC(=O)[C@H](Cc1ccc(-c2ncc3ccccc3c2Br)c2ccccc12)NC(=O)c1c(Cl)cccc1Cl.COC(=O)[C@H](Cc1ccc(B2OC(C)(C)C(C)(C)O2)c2ccccc12)NC(=O)c1c(Cl)cccc1Cl.N=N/N=N/N.O=C(N[C@@H](Cc1ccc(-c2ncc3ccccc3c2Br)c2ccccc12)C(=O)O)c1c(Cl)cccc1Cl.[Li+].[OH-]. The first-order valence-corrected chi connectivity index (χ1v) is 46.6. The molecule has 0 bridgehead atoms. The van der Waals surface area contributed by atoms with E-state index in [1.165, 1.54) is 44.6 Å². The van der Waals surface area contributed by atoms with Crippen molar-refractivity contribution in [3.05, 3.63) is 337 Å². The summed E-state index contributed by atoms with van der Waals surface area (Å²) in [5.74, 6) is 0.311. The van der Waals surface area contributed by atoms with Crippen molar-refractivity contribution in [3.8, 4) is 22.5 Å². The van der Waals surface area contributed by atoms with Gasteiger partial charge in [0.05, 0.1) is 97.1 Å². The maximum Gasteiger partial charge on any atom is 1.00 e. The summed E-state index contributed by atoms with van der Waals surface area (Å²) in [6.45, 7) is 10.0. The minimum Gasteiger partial charge on any atom is -0.870 e. The van der Waals surface area contributed by atoms with Gasteiger partial charge in [0.15, 0.2) is 0 Å². The summed E-state index contributed by atoms with van der Waals surface area (Å²) < 4.78 is 31.2. The number of benzene rings is 12. The monoisotopic (exact) mass is 2210 g/mol. The Morgan fingerprint density at radius 3 is 1.08 bits per heavy atom. The molecule has 0 saturated carbocycles. The molecule has 0 spiro atoms. The fourth-order valence-electron chi connectivity index (χ4n) is 14.9. The van der Waals surface area contributed by atoms with Crippen LogP contribution in [0.3, 0.4) is 0 Å². The number of nitrogens with two attached hydrogens (primary N) is 1. The summed E-state index contributed by atoms with van der Waals surface area (Å²) in [6, 6.07) is 70.4. The van der Waals surface area contributed by atoms with Crippen LogP contribution in [0.25, 0.3) is 87.1 Å². The van der Waals surface area contributed by atoms with E-state index in [0.717, 1.165) is 135 Å². The van der Waals surface area contributed by atoms with Crippen LogP contribution in [0.15, 0.2) is 289 Å². The van der Waals surface area contributed by atoms with E-state index in [1.54, 1.807) is 42.5 Å². The molecule has 15 aromatic rings. The summed E-state index contributed by atoms with van der Waals surface area (Å²) in [4.78, 5) is 90.1. The number of rotatable bonds is 19. The first-order valence-electron chi connectivity index (χ1n) is 41.2. The number of hydrogen-bond donors (Lipinski definition) is 6. The van der Waals surface area contributed by atoms with Crippen molar-refractivity contribution in [1.29, 1.82) is 5.53 Å². The number of amides is 3. The molecule has 2 aliphatic heterocycles. The Morgan fingerprint density at radius 2 is 0.752 bits per heavy atom. The zero-order chi connectivity index (χ0) is 95.4. The number of halogens is 10. The van der Waals surface area contributed by atoms with Gasteiger partial charge in [0, 0.05) is 83.7 Å². The van der Waals surface area contributed by atoms with E-state index in [0.29, 0.717) is 0 Å². The number of nitrogens with zero attached hydrogens (tertiary/aromatic N) is 6. The summed E-state index contributed by atoms with van der Waals surface area (Å²) in [5.41, 5.74) is 12.1. The van der Waals surface area contributed by atoms with Crippen molar-refractivity contribution in [2.75, 3.05) is 27.4 Å². The maximum atomic E-state index is 13.1. The molecule has 137 heavy (non-hydrogen) atoms. The van der Waals surface area contributed by atoms with Crippen molar-refractivity contribution in [3.63, 3.8) is 0 Å². The Morgan fingerprint density at radius 1 is 0.445 bits per heavy atom. The molecule has 0 unspecified atom stereocenters. The third-order valence-corrected chi connectivity index (χ3v) is 27.6. The molecule has 3 aromatic heterocycles. The van der Waals surface area contributed by atoms with Gasteiger partial charge in [-0.2, -0.15) is 5.53 Å². The summed E-state index contributed by atoms with van der Waals surface area (Å²) >= 11 is 51.4. The molecular weight excluding hydrogens is 2130 g/mol. The van der Waals surface area contributed by atoms with Crippen LogP contribution in [0.5, 0.6) is 0 Å².